The minimum atomic E-state index is -0.876. The smallest absolute Gasteiger partial charge is 0.330 e. The molecule has 1 amide bonds. The predicted molar refractivity (Wildman–Crippen MR) is 130 cm³/mol. The van der Waals surface area contributed by atoms with Crippen molar-refractivity contribution >= 4 is 41.0 Å². The third kappa shape index (κ3) is 2.92. The third-order valence-electron chi connectivity index (χ3n) is 9.48. The largest absolute Gasteiger partial charge is 0.480 e. The fourth-order valence-electron chi connectivity index (χ4n) is 8.43. The highest BCUT2D eigenvalue weighted by molar-refractivity contribution is 8.22. The van der Waals surface area contributed by atoms with E-state index in [-0.39, 0.29) is 5.91 Å². The summed E-state index contributed by atoms with van der Waals surface area (Å²) in [4.78, 5) is 29.9. The van der Waals surface area contributed by atoms with Crippen molar-refractivity contribution in [2.45, 2.75) is 49.0 Å². The highest BCUT2D eigenvalue weighted by Gasteiger charge is 2.70. The maximum Gasteiger partial charge on any atom is 0.330 e. The lowest BCUT2D eigenvalue weighted by Gasteiger charge is -2.49. The molecule has 174 valence electrons. The van der Waals surface area contributed by atoms with Crippen molar-refractivity contribution < 1.29 is 14.7 Å². The number of thioether (sulfide) groups is 2. The van der Waals surface area contributed by atoms with Crippen molar-refractivity contribution in [2.24, 2.45) is 28.6 Å². The van der Waals surface area contributed by atoms with E-state index in [2.05, 4.69) is 10.3 Å². The van der Waals surface area contributed by atoms with Crippen molar-refractivity contribution in [1.29, 1.82) is 0 Å². The van der Waals surface area contributed by atoms with Gasteiger partial charge in [-0.3, -0.25) is 9.20 Å². The van der Waals surface area contributed by atoms with Crippen LogP contribution in [0, 0.1) is 28.6 Å². The molecule has 33 heavy (non-hydrogen) atoms. The predicted octanol–water partition coefficient (Wildman–Crippen LogP) is 4.08. The molecule has 0 radical (unpaired) electrons. The lowest BCUT2D eigenvalue weighted by Crippen LogP contribution is -2.43. The van der Waals surface area contributed by atoms with Gasteiger partial charge in [-0.15, -0.1) is 23.5 Å². The maximum atomic E-state index is 13.3. The molecule has 4 aliphatic carbocycles. The number of pyridine rings is 1. The number of hydrogen-bond acceptors (Lipinski definition) is 5. The molecule has 8 heteroatoms. The third-order valence-corrected chi connectivity index (χ3v) is 12.8. The number of carbonyl (C=O) groups excluding carboxylic acids is 1. The number of carbonyl (C=O) groups is 2. The molecule has 2 aromatic rings. The number of carboxylic acids is 1. The number of nitrogens with one attached hydrogen (secondary N) is 1. The highest BCUT2D eigenvalue weighted by atomic mass is 32.2. The number of nitrogens with zero attached hydrogens (tertiary/aromatic N) is 2. The second-order valence-corrected chi connectivity index (χ2v) is 14.3. The van der Waals surface area contributed by atoms with E-state index in [0.717, 1.165) is 41.5 Å². The molecule has 5 atom stereocenters. The van der Waals surface area contributed by atoms with E-state index in [4.69, 9.17) is 0 Å². The topological polar surface area (TPSA) is 83.7 Å². The Kier molecular flexibility index (Phi) is 4.35. The Bertz CT molecular complexity index is 1170. The van der Waals surface area contributed by atoms with Crippen LogP contribution in [0.1, 0.15) is 54.7 Å². The van der Waals surface area contributed by atoms with Crippen LogP contribution < -0.4 is 5.32 Å². The molecule has 1 saturated heterocycles. The minimum Gasteiger partial charge on any atom is -0.480 e. The Morgan fingerprint density at radius 3 is 2.82 bits per heavy atom. The summed E-state index contributed by atoms with van der Waals surface area (Å²) in [6.07, 6.45) is 10.4. The van der Waals surface area contributed by atoms with Gasteiger partial charge in [-0.2, -0.15) is 0 Å². The zero-order valence-electron chi connectivity index (χ0n) is 18.6. The normalized spacial score (nSPS) is 37.3. The number of rotatable bonds is 6. The van der Waals surface area contributed by atoms with Gasteiger partial charge >= 0.3 is 5.97 Å². The van der Waals surface area contributed by atoms with Crippen LogP contribution in [0.25, 0.3) is 5.65 Å². The zero-order chi connectivity index (χ0) is 22.4. The summed E-state index contributed by atoms with van der Waals surface area (Å²) in [5.74, 6) is 3.57. The summed E-state index contributed by atoms with van der Waals surface area (Å²) in [5, 5.41) is 13.1. The molecule has 1 spiro atoms. The van der Waals surface area contributed by atoms with Crippen LogP contribution in [-0.4, -0.2) is 48.5 Å². The first-order chi connectivity index (χ1) is 15.9. The number of amides is 1. The first-order valence-corrected chi connectivity index (χ1v) is 14.1. The molecular formula is C25H29N3O3S2. The van der Waals surface area contributed by atoms with E-state index in [1.54, 1.807) is 0 Å². The molecule has 5 unspecified atom stereocenters. The standard InChI is InChI=1S/C25H29N3O3S2/c29-21(26-14-23-8-15-6-16-7-17(10-23)24(16,9-15)13-23)19-2-1-3-20-27-18(12-28(19)20)11-25(22(30)31)32-4-5-33-25/h1-3,12,15-17H,4-11,13-14H2,(H,26,29)(H,30,31). The molecule has 0 aromatic carbocycles. The fraction of sp³-hybridized carbons (Fsp3) is 0.640. The summed E-state index contributed by atoms with van der Waals surface area (Å²) in [7, 11) is 0. The minimum absolute atomic E-state index is 0.0530. The average molecular weight is 484 g/mol. The van der Waals surface area contributed by atoms with Gasteiger partial charge in [-0.05, 0) is 79.2 Å². The van der Waals surface area contributed by atoms with Gasteiger partial charge in [0.25, 0.3) is 5.91 Å². The first-order valence-electron chi connectivity index (χ1n) is 12.2. The van der Waals surface area contributed by atoms with Crippen LogP contribution >= 0.6 is 23.5 Å². The second-order valence-electron chi connectivity index (χ2n) is 11.2. The van der Waals surface area contributed by atoms with E-state index in [1.165, 1.54) is 62.0 Å². The molecule has 6 nitrogen and oxygen atoms in total. The number of imidazole rings is 1. The number of aromatic nitrogens is 2. The highest BCUT2D eigenvalue weighted by Crippen LogP contribution is 2.78. The second kappa shape index (κ2) is 6.94. The Hall–Kier alpha value is -1.67. The maximum absolute atomic E-state index is 13.3. The Morgan fingerprint density at radius 2 is 2.00 bits per heavy atom. The summed E-state index contributed by atoms with van der Waals surface area (Å²) in [6, 6.07) is 5.59. The molecule has 3 heterocycles. The summed E-state index contributed by atoms with van der Waals surface area (Å²) >= 11 is 2.97. The molecule has 3 bridgehead atoms. The Labute approximate surface area is 201 Å². The van der Waals surface area contributed by atoms with Gasteiger partial charge in [0.15, 0.2) is 4.08 Å². The van der Waals surface area contributed by atoms with Gasteiger partial charge in [0.05, 0.1) is 5.69 Å². The lowest BCUT2D eigenvalue weighted by molar-refractivity contribution is -0.137. The molecule has 4 saturated carbocycles. The van der Waals surface area contributed by atoms with Crippen LogP contribution in [0.2, 0.25) is 0 Å². The summed E-state index contributed by atoms with van der Waals surface area (Å²) in [5.41, 5.74) is 2.92. The zero-order valence-corrected chi connectivity index (χ0v) is 20.2. The van der Waals surface area contributed by atoms with Gasteiger partial charge in [-0.1, -0.05) is 6.07 Å². The lowest BCUT2D eigenvalue weighted by atomic mass is 9.55. The molecule has 5 aliphatic rings. The van der Waals surface area contributed by atoms with Crippen molar-refractivity contribution in [3.63, 3.8) is 0 Å². The molecule has 5 fully saturated rings. The Morgan fingerprint density at radius 1 is 1.15 bits per heavy atom. The van der Waals surface area contributed by atoms with Crippen molar-refractivity contribution in [1.82, 2.24) is 14.7 Å². The van der Waals surface area contributed by atoms with Crippen molar-refractivity contribution in [2.75, 3.05) is 18.1 Å². The number of fused-ring (bicyclic) bond motifs is 3. The van der Waals surface area contributed by atoms with E-state index in [1.807, 2.05) is 28.8 Å². The van der Waals surface area contributed by atoms with Gasteiger partial charge in [0.2, 0.25) is 0 Å². The molecular weight excluding hydrogens is 454 g/mol. The van der Waals surface area contributed by atoms with Gasteiger partial charge in [0, 0.05) is 30.7 Å². The van der Waals surface area contributed by atoms with Crippen LogP contribution in [0.5, 0.6) is 0 Å². The molecule has 2 N–H and O–H groups in total. The van der Waals surface area contributed by atoms with Crippen LogP contribution in [-0.2, 0) is 11.2 Å². The SMILES string of the molecule is O=C(NCC12CC3CC4CC(C1)C4(C3)C2)c1cccc2nc(CC3(C(=O)O)SCCS3)cn12. The van der Waals surface area contributed by atoms with Crippen molar-refractivity contribution in [3.8, 4) is 0 Å². The molecule has 2 aromatic heterocycles. The fourth-order valence-corrected chi connectivity index (χ4v) is 11.3. The van der Waals surface area contributed by atoms with Crippen molar-refractivity contribution in [3.05, 3.63) is 35.8 Å². The Balaban J connectivity index is 1.11. The summed E-state index contributed by atoms with van der Waals surface area (Å²) < 4.78 is 0.957. The summed E-state index contributed by atoms with van der Waals surface area (Å²) in [6.45, 7) is 0.778. The number of hydrogen-bond donors (Lipinski definition) is 2. The van der Waals surface area contributed by atoms with E-state index < -0.39 is 10.0 Å². The first kappa shape index (κ1) is 20.7. The number of carboxylic acid groups (broad SMARTS) is 1. The quantitative estimate of drug-likeness (QED) is 0.644. The average Bonchev–Trinajstić information content (AvgIpc) is 3.50. The van der Waals surface area contributed by atoms with E-state index in [9.17, 15) is 14.7 Å². The molecule has 1 aliphatic heterocycles. The van der Waals surface area contributed by atoms with Gasteiger partial charge in [-0.25, -0.2) is 9.78 Å². The van der Waals surface area contributed by atoms with Gasteiger partial charge in [0.1, 0.15) is 11.3 Å². The van der Waals surface area contributed by atoms with E-state index in [0.29, 0.717) is 28.6 Å². The van der Waals surface area contributed by atoms with Gasteiger partial charge < -0.3 is 10.4 Å². The molecule has 7 rings (SSSR count). The van der Waals surface area contributed by atoms with Crippen LogP contribution in [0.4, 0.5) is 0 Å². The van der Waals surface area contributed by atoms with E-state index >= 15 is 0 Å². The van der Waals surface area contributed by atoms with Crippen LogP contribution in [0.3, 0.4) is 0 Å². The monoisotopic (exact) mass is 483 g/mol. The van der Waals surface area contributed by atoms with Crippen LogP contribution in [0.15, 0.2) is 24.4 Å². The number of aliphatic carboxylic acids is 1.